The van der Waals surface area contributed by atoms with Gasteiger partial charge in [0.05, 0.1) is 22.0 Å². The molecule has 2 N–H and O–H groups in total. The molecule has 2 atom stereocenters. The van der Waals surface area contributed by atoms with E-state index in [4.69, 9.17) is 0 Å². The van der Waals surface area contributed by atoms with Crippen molar-refractivity contribution in [2.45, 2.75) is 68.0 Å². The van der Waals surface area contributed by atoms with Gasteiger partial charge in [0.1, 0.15) is 22.9 Å². The first-order valence-electron chi connectivity index (χ1n) is 18.6. The van der Waals surface area contributed by atoms with Crippen LogP contribution in [-0.4, -0.2) is 88.5 Å². The minimum atomic E-state index is -1.28. The van der Waals surface area contributed by atoms with Crippen LogP contribution in [-0.2, 0) is 41.2 Å². The zero-order chi connectivity index (χ0) is 37.9. The van der Waals surface area contributed by atoms with Gasteiger partial charge in [0.15, 0.2) is 0 Å². The number of nitrogens with one attached hydrogen (secondary N) is 2. The number of para-hydroxylation sites is 1. The molecule has 1 amide bonds. The van der Waals surface area contributed by atoms with Gasteiger partial charge in [-0.1, -0.05) is 24.3 Å². The average Bonchev–Trinajstić information content (AvgIpc) is 3.45. The third kappa shape index (κ3) is 7.66. The van der Waals surface area contributed by atoms with E-state index in [-0.39, 0.29) is 42.0 Å². The molecule has 0 radical (unpaired) electrons. The van der Waals surface area contributed by atoms with Crippen molar-refractivity contribution in [2.24, 2.45) is 14.1 Å². The number of amides is 1. The standard InChI is InChI=1S/C39H47N9O5S/c1-40-34(50)12-11-30(25-49)48-33-9-5-8-32(36(33)45(3)39(48)52)27-14-18-46(19-15-27)24-26-6-4-7-31(22-26)54(53)47-20-16-29(17-21-47)42-38-41-23-28-10-13-35(51)44(2)37(28)43-38/h4-10,13,22-23,25,27,29-30H,11-12,14-21,24H2,1-3H3,(H,40,50)(H,41,42,43). The van der Waals surface area contributed by atoms with E-state index in [1.54, 1.807) is 38.0 Å². The molecule has 0 aliphatic carbocycles. The number of piperidine rings is 2. The number of carbonyl (C=O) groups excluding carboxylic acids is 2. The maximum absolute atomic E-state index is 13.7. The molecule has 15 heteroatoms. The van der Waals surface area contributed by atoms with E-state index in [1.807, 2.05) is 28.6 Å². The fourth-order valence-corrected chi connectivity index (χ4v) is 9.19. The summed E-state index contributed by atoms with van der Waals surface area (Å²) >= 11 is 0. The lowest BCUT2D eigenvalue weighted by Gasteiger charge is -2.33. The highest BCUT2D eigenvalue weighted by molar-refractivity contribution is 7.82. The van der Waals surface area contributed by atoms with Crippen molar-refractivity contribution in [3.8, 4) is 0 Å². The number of rotatable bonds is 12. The van der Waals surface area contributed by atoms with Crippen molar-refractivity contribution in [3.63, 3.8) is 0 Å². The van der Waals surface area contributed by atoms with Gasteiger partial charge < -0.3 is 15.4 Å². The van der Waals surface area contributed by atoms with Crippen LogP contribution in [0.2, 0.25) is 0 Å². The highest BCUT2D eigenvalue weighted by Gasteiger charge is 2.28. The number of anilines is 1. The SMILES string of the molecule is CNC(=O)CCC(C=O)n1c(=O)n(C)c2c(C3CCN(Cc4cccc(S(=O)N5CCC(Nc6ncc7ccc(=O)n(C)c7n6)CC5)c4)CC3)cccc21. The summed E-state index contributed by atoms with van der Waals surface area (Å²) in [5.74, 6) is 0.573. The van der Waals surface area contributed by atoms with Crippen LogP contribution in [0.5, 0.6) is 0 Å². The number of carbonyl (C=O) groups is 2. The van der Waals surface area contributed by atoms with E-state index in [2.05, 4.69) is 43.7 Å². The first-order valence-corrected chi connectivity index (χ1v) is 19.7. The van der Waals surface area contributed by atoms with Crippen LogP contribution in [0.25, 0.3) is 22.1 Å². The predicted octanol–water partition coefficient (Wildman–Crippen LogP) is 3.23. The van der Waals surface area contributed by atoms with E-state index in [0.29, 0.717) is 24.7 Å². The molecule has 5 aromatic rings. The number of aryl methyl sites for hydroxylation is 2. The van der Waals surface area contributed by atoms with Gasteiger partial charge in [-0.05, 0) is 86.5 Å². The maximum Gasteiger partial charge on any atom is 0.329 e. The fraction of sp³-hybridized carbons (Fsp3) is 0.436. The Morgan fingerprint density at radius 1 is 0.981 bits per heavy atom. The van der Waals surface area contributed by atoms with E-state index < -0.39 is 17.0 Å². The predicted molar refractivity (Wildman–Crippen MR) is 209 cm³/mol. The molecule has 2 aliphatic heterocycles. The van der Waals surface area contributed by atoms with Crippen molar-refractivity contribution in [2.75, 3.05) is 38.5 Å². The van der Waals surface area contributed by atoms with Crippen LogP contribution in [0.3, 0.4) is 0 Å². The Morgan fingerprint density at radius 2 is 1.74 bits per heavy atom. The van der Waals surface area contributed by atoms with E-state index in [0.717, 1.165) is 84.0 Å². The monoisotopic (exact) mass is 753 g/mol. The van der Waals surface area contributed by atoms with E-state index in [1.165, 1.54) is 15.2 Å². The highest BCUT2D eigenvalue weighted by Crippen LogP contribution is 2.34. The van der Waals surface area contributed by atoms with Crippen LogP contribution in [0.4, 0.5) is 5.95 Å². The van der Waals surface area contributed by atoms with Gasteiger partial charge >= 0.3 is 5.69 Å². The lowest BCUT2D eigenvalue weighted by Crippen LogP contribution is -2.40. The van der Waals surface area contributed by atoms with Crippen molar-refractivity contribution < 1.29 is 13.8 Å². The van der Waals surface area contributed by atoms with Crippen LogP contribution in [0, 0.1) is 0 Å². The lowest BCUT2D eigenvalue weighted by atomic mass is 9.88. The minimum Gasteiger partial charge on any atom is -0.359 e. The van der Waals surface area contributed by atoms with Gasteiger partial charge in [-0.2, -0.15) is 4.98 Å². The third-order valence-electron chi connectivity index (χ3n) is 11.0. The number of likely N-dealkylation sites (tertiary alicyclic amines) is 1. The number of aldehydes is 1. The van der Waals surface area contributed by atoms with Gasteiger partial charge in [-0.15, -0.1) is 0 Å². The summed E-state index contributed by atoms with van der Waals surface area (Å²) in [7, 11) is 3.73. The number of aromatic nitrogens is 5. The third-order valence-corrected chi connectivity index (χ3v) is 12.5. The summed E-state index contributed by atoms with van der Waals surface area (Å²) < 4.78 is 20.4. The zero-order valence-electron chi connectivity index (χ0n) is 30.9. The fourth-order valence-electron chi connectivity index (χ4n) is 7.91. The van der Waals surface area contributed by atoms with Crippen molar-refractivity contribution in [1.29, 1.82) is 0 Å². The molecule has 2 unspecified atom stereocenters. The first-order chi connectivity index (χ1) is 26.1. The maximum atomic E-state index is 13.7. The van der Waals surface area contributed by atoms with E-state index in [9.17, 15) is 23.4 Å². The van der Waals surface area contributed by atoms with Gasteiger partial charge in [0.2, 0.25) is 11.9 Å². The molecule has 2 aliphatic rings. The smallest absolute Gasteiger partial charge is 0.329 e. The topological polar surface area (TPSA) is 156 Å². The Morgan fingerprint density at radius 3 is 2.48 bits per heavy atom. The molecule has 0 spiro atoms. The number of hydrogen-bond acceptors (Lipinski definition) is 9. The summed E-state index contributed by atoms with van der Waals surface area (Å²) in [6.07, 6.45) is 6.31. The molecule has 2 fully saturated rings. The molecule has 54 heavy (non-hydrogen) atoms. The molecule has 14 nitrogen and oxygen atoms in total. The molecule has 2 saturated heterocycles. The van der Waals surface area contributed by atoms with Gasteiger partial charge in [-0.25, -0.2) is 18.3 Å². The number of fused-ring (bicyclic) bond motifs is 2. The Labute approximate surface area is 315 Å². The molecule has 5 heterocycles. The van der Waals surface area contributed by atoms with Crippen molar-refractivity contribution in [1.82, 2.24) is 38.2 Å². The molecule has 284 valence electrons. The Kier molecular flexibility index (Phi) is 11.2. The van der Waals surface area contributed by atoms with E-state index >= 15 is 0 Å². The number of nitrogens with zero attached hydrogens (tertiary/aromatic N) is 7. The normalized spacial score (nSPS) is 17.5. The van der Waals surface area contributed by atoms with Crippen molar-refractivity contribution >= 4 is 51.2 Å². The average molecular weight is 754 g/mol. The molecule has 0 saturated carbocycles. The van der Waals surface area contributed by atoms with Gasteiger partial charge in [0.25, 0.3) is 5.56 Å². The number of benzene rings is 2. The van der Waals surface area contributed by atoms with Gasteiger partial charge in [0, 0.05) is 70.9 Å². The van der Waals surface area contributed by atoms with Crippen LogP contribution < -0.4 is 21.9 Å². The van der Waals surface area contributed by atoms with Crippen molar-refractivity contribution in [3.05, 3.63) is 92.8 Å². The van der Waals surface area contributed by atoms with Crippen LogP contribution in [0.1, 0.15) is 61.6 Å². The summed E-state index contributed by atoms with van der Waals surface area (Å²) in [5, 5.41) is 6.79. The first kappa shape index (κ1) is 37.3. The van der Waals surface area contributed by atoms with Crippen LogP contribution in [0.15, 0.2) is 75.3 Å². The summed E-state index contributed by atoms with van der Waals surface area (Å²) in [5.41, 5.74) is 4.00. The van der Waals surface area contributed by atoms with Crippen LogP contribution >= 0.6 is 0 Å². The number of pyridine rings is 1. The second-order valence-electron chi connectivity index (χ2n) is 14.3. The Bertz CT molecular complexity index is 2320. The molecular weight excluding hydrogens is 707 g/mol. The molecule has 3 aromatic heterocycles. The zero-order valence-corrected chi connectivity index (χ0v) is 31.8. The lowest BCUT2D eigenvalue weighted by molar-refractivity contribution is -0.121. The summed E-state index contributed by atoms with van der Waals surface area (Å²) in [6, 6.07) is 16.7. The summed E-state index contributed by atoms with van der Waals surface area (Å²) in [6.45, 7) is 3.85. The molecule has 7 rings (SSSR count). The largest absolute Gasteiger partial charge is 0.359 e. The molecule has 2 aromatic carbocycles. The second kappa shape index (κ2) is 16.2. The number of hydrogen-bond donors (Lipinski definition) is 2. The quantitative estimate of drug-likeness (QED) is 0.183. The second-order valence-corrected chi connectivity index (χ2v) is 15.8. The summed E-state index contributed by atoms with van der Waals surface area (Å²) in [4.78, 5) is 61.7. The highest BCUT2D eigenvalue weighted by atomic mass is 32.2. The minimum absolute atomic E-state index is 0.118. The Balaban J connectivity index is 0.949. The molecular formula is C39H47N9O5S. The Hall–Kier alpha value is -4.99. The molecule has 0 bridgehead atoms. The van der Waals surface area contributed by atoms with Gasteiger partial charge in [-0.3, -0.25) is 28.2 Å². The number of imidazole rings is 1.